The van der Waals surface area contributed by atoms with Crippen molar-refractivity contribution in [2.24, 2.45) is 0 Å². The number of aromatic nitrogens is 2. The summed E-state index contributed by atoms with van der Waals surface area (Å²) < 4.78 is 11.1. The van der Waals surface area contributed by atoms with Crippen molar-refractivity contribution in [1.29, 1.82) is 0 Å². The van der Waals surface area contributed by atoms with Crippen LogP contribution in [0, 0.1) is 0 Å². The topological polar surface area (TPSA) is 67.5 Å². The predicted octanol–water partition coefficient (Wildman–Crippen LogP) is 2.20. The van der Waals surface area contributed by atoms with Crippen LogP contribution in [0.5, 0.6) is 0 Å². The van der Waals surface area contributed by atoms with E-state index in [0.29, 0.717) is 13.2 Å². The average molecular weight is 291 g/mol. The first-order valence-corrected chi connectivity index (χ1v) is 7.23. The van der Waals surface area contributed by atoms with Crippen LogP contribution in [-0.4, -0.2) is 52.1 Å². The summed E-state index contributed by atoms with van der Waals surface area (Å²) in [5, 5.41) is 6.98. The smallest absolute Gasteiger partial charge is 0.411 e. The second-order valence-electron chi connectivity index (χ2n) is 6.51. The minimum atomic E-state index is -0.487. The van der Waals surface area contributed by atoms with E-state index in [1.54, 1.807) is 6.20 Å². The van der Waals surface area contributed by atoms with Crippen LogP contribution in [0.3, 0.4) is 0 Å². The van der Waals surface area contributed by atoms with Gasteiger partial charge in [-0.15, -0.1) is 0 Å². The van der Waals surface area contributed by atoms with Gasteiger partial charge in [0.2, 0.25) is 0 Å². The quantitative estimate of drug-likeness (QED) is 0.861. The van der Waals surface area contributed by atoms with Crippen LogP contribution < -0.4 is 0 Å². The monoisotopic (exact) mass is 291 g/mol. The fourth-order valence-electron chi connectivity index (χ4n) is 2.83. The molecule has 1 amide bonds. The molecule has 6 nitrogen and oxygen atoms in total. The molecule has 6 heteroatoms. The van der Waals surface area contributed by atoms with Gasteiger partial charge in [0, 0.05) is 6.20 Å². The SMILES string of the molecule is CC(C)(C)OC(=O)N1C2C=C(c3ccn[nH]3)CC1COC2. The van der Waals surface area contributed by atoms with Crippen LogP contribution in [0.15, 0.2) is 18.3 Å². The van der Waals surface area contributed by atoms with E-state index in [-0.39, 0.29) is 18.2 Å². The van der Waals surface area contributed by atoms with Crippen molar-refractivity contribution in [2.45, 2.75) is 44.9 Å². The number of carbonyl (C=O) groups excluding carboxylic acids is 1. The molecule has 1 saturated heterocycles. The van der Waals surface area contributed by atoms with E-state index in [2.05, 4.69) is 16.3 Å². The lowest BCUT2D eigenvalue weighted by atomic mass is 9.93. The van der Waals surface area contributed by atoms with E-state index in [4.69, 9.17) is 9.47 Å². The maximum absolute atomic E-state index is 12.4. The zero-order valence-electron chi connectivity index (χ0n) is 12.6. The third kappa shape index (κ3) is 2.95. The molecule has 1 fully saturated rings. The minimum absolute atomic E-state index is 0.0156. The molecule has 21 heavy (non-hydrogen) atoms. The number of morpholine rings is 1. The van der Waals surface area contributed by atoms with E-state index >= 15 is 0 Å². The molecule has 0 saturated carbocycles. The van der Waals surface area contributed by atoms with Gasteiger partial charge in [-0.3, -0.25) is 10.00 Å². The number of hydrogen-bond donors (Lipinski definition) is 1. The van der Waals surface area contributed by atoms with Crippen molar-refractivity contribution in [2.75, 3.05) is 13.2 Å². The highest BCUT2D eigenvalue weighted by Gasteiger charge is 2.40. The number of fused-ring (bicyclic) bond motifs is 2. The molecule has 1 aromatic heterocycles. The minimum Gasteiger partial charge on any atom is -0.444 e. The van der Waals surface area contributed by atoms with Gasteiger partial charge in [0.15, 0.2) is 0 Å². The normalized spacial score (nSPS) is 25.5. The van der Waals surface area contributed by atoms with Gasteiger partial charge < -0.3 is 9.47 Å². The summed E-state index contributed by atoms with van der Waals surface area (Å²) in [5.41, 5.74) is 1.71. The van der Waals surface area contributed by atoms with Crippen molar-refractivity contribution in [3.8, 4) is 0 Å². The molecule has 2 aliphatic heterocycles. The molecule has 0 aliphatic carbocycles. The third-order valence-corrected chi connectivity index (χ3v) is 3.65. The lowest BCUT2D eigenvalue weighted by Gasteiger charge is -2.44. The lowest BCUT2D eigenvalue weighted by molar-refractivity contribution is -0.0511. The first kappa shape index (κ1) is 14.1. The molecule has 0 aromatic carbocycles. The van der Waals surface area contributed by atoms with Gasteiger partial charge in [-0.25, -0.2) is 4.79 Å². The van der Waals surface area contributed by atoms with Gasteiger partial charge in [-0.1, -0.05) is 6.08 Å². The Bertz CT molecular complexity index is 545. The van der Waals surface area contributed by atoms with Crippen LogP contribution in [0.2, 0.25) is 0 Å². The highest BCUT2D eigenvalue weighted by Crippen LogP contribution is 2.32. The van der Waals surface area contributed by atoms with Crippen LogP contribution in [0.4, 0.5) is 4.79 Å². The lowest BCUT2D eigenvalue weighted by Crippen LogP contribution is -2.57. The molecule has 3 heterocycles. The van der Waals surface area contributed by atoms with Crippen LogP contribution in [0.1, 0.15) is 32.9 Å². The van der Waals surface area contributed by atoms with Crippen LogP contribution in [-0.2, 0) is 9.47 Å². The molecule has 2 unspecified atom stereocenters. The van der Waals surface area contributed by atoms with Crippen molar-refractivity contribution in [3.63, 3.8) is 0 Å². The second kappa shape index (κ2) is 5.18. The Kier molecular flexibility index (Phi) is 3.49. The Morgan fingerprint density at radius 2 is 2.29 bits per heavy atom. The summed E-state index contributed by atoms with van der Waals surface area (Å²) in [7, 11) is 0. The maximum atomic E-state index is 12.4. The highest BCUT2D eigenvalue weighted by atomic mass is 16.6. The molecule has 114 valence electrons. The molecule has 0 radical (unpaired) electrons. The largest absolute Gasteiger partial charge is 0.444 e. The van der Waals surface area contributed by atoms with Crippen LogP contribution in [0.25, 0.3) is 5.57 Å². The molecular formula is C15H21N3O3. The Labute approximate surface area is 124 Å². The fraction of sp³-hybridized carbons (Fsp3) is 0.600. The number of aromatic amines is 1. The molecule has 1 aromatic rings. The molecule has 3 rings (SSSR count). The second-order valence-corrected chi connectivity index (χ2v) is 6.51. The zero-order chi connectivity index (χ0) is 15.0. The van der Waals surface area contributed by atoms with Crippen molar-refractivity contribution >= 4 is 11.7 Å². The van der Waals surface area contributed by atoms with E-state index in [1.165, 1.54) is 5.57 Å². The maximum Gasteiger partial charge on any atom is 0.411 e. The van der Waals surface area contributed by atoms with Crippen molar-refractivity contribution < 1.29 is 14.3 Å². The molecular weight excluding hydrogens is 270 g/mol. The summed E-state index contributed by atoms with van der Waals surface area (Å²) in [6.07, 6.45) is 4.30. The predicted molar refractivity (Wildman–Crippen MR) is 77.6 cm³/mol. The summed E-state index contributed by atoms with van der Waals surface area (Å²) in [6, 6.07) is 1.89. The molecule has 2 aliphatic rings. The summed E-state index contributed by atoms with van der Waals surface area (Å²) in [6.45, 7) is 6.70. The van der Waals surface area contributed by atoms with Gasteiger partial charge in [0.25, 0.3) is 0 Å². The highest BCUT2D eigenvalue weighted by molar-refractivity contribution is 5.73. The molecule has 2 bridgehead atoms. The van der Waals surface area contributed by atoms with Crippen molar-refractivity contribution in [3.05, 3.63) is 24.0 Å². The van der Waals surface area contributed by atoms with Gasteiger partial charge in [0.05, 0.1) is 31.0 Å². The first-order valence-electron chi connectivity index (χ1n) is 7.23. The average Bonchev–Trinajstić information content (AvgIpc) is 2.88. The number of amides is 1. The Morgan fingerprint density at radius 1 is 1.48 bits per heavy atom. The Hall–Kier alpha value is -1.82. The number of hydrogen-bond acceptors (Lipinski definition) is 4. The number of rotatable bonds is 1. The summed E-state index contributed by atoms with van der Waals surface area (Å²) >= 11 is 0. The molecule has 0 spiro atoms. The summed E-state index contributed by atoms with van der Waals surface area (Å²) in [5.74, 6) is 0. The fourth-order valence-corrected chi connectivity index (χ4v) is 2.83. The molecule has 2 atom stereocenters. The number of H-pyrrole nitrogens is 1. The number of ether oxygens (including phenoxy) is 2. The van der Waals surface area contributed by atoms with E-state index in [0.717, 1.165) is 12.1 Å². The van der Waals surface area contributed by atoms with Crippen LogP contribution >= 0.6 is 0 Å². The van der Waals surface area contributed by atoms with Gasteiger partial charge in [0.1, 0.15) is 5.60 Å². The van der Waals surface area contributed by atoms with Crippen molar-refractivity contribution in [1.82, 2.24) is 15.1 Å². The number of nitrogens with one attached hydrogen (secondary N) is 1. The Balaban J connectivity index is 1.83. The number of carbonyl (C=O) groups is 1. The molecule has 1 N–H and O–H groups in total. The Morgan fingerprint density at radius 3 is 2.90 bits per heavy atom. The van der Waals surface area contributed by atoms with Gasteiger partial charge >= 0.3 is 6.09 Å². The zero-order valence-corrected chi connectivity index (χ0v) is 12.6. The first-order chi connectivity index (χ1) is 9.94. The van der Waals surface area contributed by atoms with Gasteiger partial charge in [-0.05, 0) is 38.8 Å². The van der Waals surface area contributed by atoms with Gasteiger partial charge in [-0.2, -0.15) is 5.10 Å². The van der Waals surface area contributed by atoms with E-state index in [1.807, 2.05) is 31.7 Å². The van der Waals surface area contributed by atoms with E-state index in [9.17, 15) is 4.79 Å². The van der Waals surface area contributed by atoms with E-state index < -0.39 is 5.60 Å². The number of nitrogens with zero attached hydrogens (tertiary/aromatic N) is 2. The summed E-state index contributed by atoms with van der Waals surface area (Å²) in [4.78, 5) is 14.2. The standard InChI is InChI=1S/C15H21N3O3/c1-15(2,3)21-14(19)18-11-6-10(13-4-5-16-17-13)7-12(18)9-20-8-11/h4-6,11-12H,7-9H2,1-3H3,(H,16,17). The third-order valence-electron chi connectivity index (χ3n) is 3.65.